The van der Waals surface area contributed by atoms with Gasteiger partial charge in [-0.25, -0.2) is 0 Å². The third-order valence-electron chi connectivity index (χ3n) is 1.69. The SMILES string of the molecule is C[C@@H](NC=O)c1ccccc1Cl. The minimum Gasteiger partial charge on any atom is -0.352 e. The molecule has 1 atom stereocenters. The van der Waals surface area contributed by atoms with Crippen LogP contribution >= 0.6 is 11.6 Å². The molecule has 0 fully saturated rings. The van der Waals surface area contributed by atoms with Gasteiger partial charge >= 0.3 is 0 Å². The first-order valence-corrected chi connectivity index (χ1v) is 4.07. The van der Waals surface area contributed by atoms with E-state index in [1.807, 2.05) is 25.1 Å². The number of amides is 1. The molecule has 0 bridgehead atoms. The Labute approximate surface area is 76.5 Å². The summed E-state index contributed by atoms with van der Waals surface area (Å²) in [5.41, 5.74) is 0.936. The first-order chi connectivity index (χ1) is 5.75. The lowest BCUT2D eigenvalue weighted by Gasteiger charge is -2.11. The highest BCUT2D eigenvalue weighted by Crippen LogP contribution is 2.21. The lowest BCUT2D eigenvalue weighted by molar-refractivity contribution is -0.110. The number of rotatable bonds is 3. The van der Waals surface area contributed by atoms with E-state index in [1.165, 1.54) is 0 Å². The van der Waals surface area contributed by atoms with Crippen LogP contribution < -0.4 is 5.32 Å². The number of hydrogen-bond acceptors (Lipinski definition) is 1. The van der Waals surface area contributed by atoms with Crippen LogP contribution in [0.1, 0.15) is 18.5 Å². The summed E-state index contributed by atoms with van der Waals surface area (Å²) in [5, 5.41) is 3.32. The molecular weight excluding hydrogens is 174 g/mol. The molecule has 64 valence electrons. The Morgan fingerprint density at radius 2 is 2.17 bits per heavy atom. The maximum atomic E-state index is 10.1. The quantitative estimate of drug-likeness (QED) is 0.715. The fourth-order valence-electron chi connectivity index (χ4n) is 1.02. The summed E-state index contributed by atoms with van der Waals surface area (Å²) in [6.45, 7) is 1.88. The Bertz CT molecular complexity index is 275. The van der Waals surface area contributed by atoms with Crippen LogP contribution in [-0.2, 0) is 4.79 Å². The van der Waals surface area contributed by atoms with Crippen LogP contribution in [0.15, 0.2) is 24.3 Å². The van der Waals surface area contributed by atoms with Crippen molar-refractivity contribution in [1.82, 2.24) is 5.32 Å². The second-order valence-electron chi connectivity index (χ2n) is 2.53. The Hall–Kier alpha value is -1.02. The third-order valence-corrected chi connectivity index (χ3v) is 2.03. The average Bonchev–Trinajstić information content (AvgIpc) is 2.05. The summed E-state index contributed by atoms with van der Waals surface area (Å²) < 4.78 is 0. The number of carbonyl (C=O) groups excluding carboxylic acids is 1. The number of nitrogens with one attached hydrogen (secondary N) is 1. The highest BCUT2D eigenvalue weighted by atomic mass is 35.5. The summed E-state index contributed by atoms with van der Waals surface area (Å²) in [6.07, 6.45) is 0.675. The molecule has 0 aliphatic carbocycles. The molecule has 1 aromatic rings. The van der Waals surface area contributed by atoms with E-state index in [-0.39, 0.29) is 6.04 Å². The average molecular weight is 184 g/mol. The second kappa shape index (κ2) is 4.12. The third kappa shape index (κ3) is 1.98. The summed E-state index contributed by atoms with van der Waals surface area (Å²) in [4.78, 5) is 10.1. The molecule has 2 nitrogen and oxygen atoms in total. The molecule has 3 heteroatoms. The van der Waals surface area contributed by atoms with Gasteiger partial charge in [-0.15, -0.1) is 0 Å². The Morgan fingerprint density at radius 1 is 1.50 bits per heavy atom. The van der Waals surface area contributed by atoms with Crippen molar-refractivity contribution in [1.29, 1.82) is 0 Å². The van der Waals surface area contributed by atoms with Crippen molar-refractivity contribution in [3.05, 3.63) is 34.9 Å². The molecule has 0 spiro atoms. The number of halogens is 1. The van der Waals surface area contributed by atoms with Crippen LogP contribution in [0.2, 0.25) is 5.02 Å². The van der Waals surface area contributed by atoms with Crippen molar-refractivity contribution in [2.75, 3.05) is 0 Å². The summed E-state index contributed by atoms with van der Waals surface area (Å²) in [6, 6.07) is 7.42. The molecule has 0 unspecified atom stereocenters. The Kier molecular flexibility index (Phi) is 3.11. The number of benzene rings is 1. The van der Waals surface area contributed by atoms with Gasteiger partial charge in [-0.05, 0) is 18.6 Å². The van der Waals surface area contributed by atoms with Crippen molar-refractivity contribution >= 4 is 18.0 Å². The maximum absolute atomic E-state index is 10.1. The lowest BCUT2D eigenvalue weighted by atomic mass is 10.1. The first-order valence-electron chi connectivity index (χ1n) is 3.70. The maximum Gasteiger partial charge on any atom is 0.207 e. The molecule has 0 saturated carbocycles. The van der Waals surface area contributed by atoms with Crippen molar-refractivity contribution < 1.29 is 4.79 Å². The van der Waals surface area contributed by atoms with Crippen molar-refractivity contribution in [3.63, 3.8) is 0 Å². The predicted molar refractivity (Wildman–Crippen MR) is 49.1 cm³/mol. The van der Waals surface area contributed by atoms with E-state index in [9.17, 15) is 4.79 Å². The standard InChI is InChI=1S/C9H10ClNO/c1-7(11-6-12)8-4-2-3-5-9(8)10/h2-7H,1H3,(H,11,12)/t7-/m1/s1. The highest BCUT2D eigenvalue weighted by Gasteiger charge is 2.06. The van der Waals surface area contributed by atoms with Crippen LogP contribution in [-0.4, -0.2) is 6.41 Å². The van der Waals surface area contributed by atoms with E-state index in [1.54, 1.807) is 6.07 Å². The number of carbonyl (C=O) groups is 1. The molecule has 1 aromatic carbocycles. The second-order valence-corrected chi connectivity index (χ2v) is 2.93. The van der Waals surface area contributed by atoms with Gasteiger partial charge in [0.1, 0.15) is 0 Å². The zero-order valence-corrected chi connectivity index (χ0v) is 7.51. The molecule has 0 aliphatic heterocycles. The van der Waals surface area contributed by atoms with E-state index in [0.717, 1.165) is 5.56 Å². The lowest BCUT2D eigenvalue weighted by Crippen LogP contribution is -2.16. The smallest absolute Gasteiger partial charge is 0.207 e. The normalized spacial score (nSPS) is 12.2. The van der Waals surface area contributed by atoms with E-state index in [2.05, 4.69) is 5.32 Å². The highest BCUT2D eigenvalue weighted by molar-refractivity contribution is 6.31. The zero-order chi connectivity index (χ0) is 8.97. The minimum absolute atomic E-state index is 0.0313. The Balaban J connectivity index is 2.86. The van der Waals surface area contributed by atoms with E-state index >= 15 is 0 Å². The molecule has 1 rings (SSSR count). The van der Waals surface area contributed by atoms with Gasteiger partial charge in [0.15, 0.2) is 0 Å². The van der Waals surface area contributed by atoms with Gasteiger partial charge in [-0.2, -0.15) is 0 Å². The van der Waals surface area contributed by atoms with Gasteiger partial charge in [0.2, 0.25) is 6.41 Å². The van der Waals surface area contributed by atoms with Crippen LogP contribution in [0.5, 0.6) is 0 Å². The van der Waals surface area contributed by atoms with Gasteiger partial charge in [-0.1, -0.05) is 29.8 Å². The molecule has 12 heavy (non-hydrogen) atoms. The molecule has 0 radical (unpaired) electrons. The summed E-state index contributed by atoms with van der Waals surface area (Å²) in [5.74, 6) is 0. The summed E-state index contributed by atoms with van der Waals surface area (Å²) in [7, 11) is 0. The zero-order valence-electron chi connectivity index (χ0n) is 6.75. The van der Waals surface area contributed by atoms with Crippen molar-refractivity contribution in [3.8, 4) is 0 Å². The van der Waals surface area contributed by atoms with Crippen LogP contribution in [0, 0.1) is 0 Å². The molecule has 1 N–H and O–H groups in total. The molecule has 0 saturated heterocycles. The van der Waals surface area contributed by atoms with Gasteiger partial charge in [0, 0.05) is 5.02 Å². The van der Waals surface area contributed by atoms with Gasteiger partial charge in [0.05, 0.1) is 6.04 Å². The topological polar surface area (TPSA) is 29.1 Å². The van der Waals surface area contributed by atoms with Crippen molar-refractivity contribution in [2.24, 2.45) is 0 Å². The van der Waals surface area contributed by atoms with Gasteiger partial charge in [0.25, 0.3) is 0 Å². The molecule has 0 heterocycles. The summed E-state index contributed by atoms with van der Waals surface area (Å²) >= 11 is 5.90. The molecular formula is C9H10ClNO. The van der Waals surface area contributed by atoms with Crippen molar-refractivity contribution in [2.45, 2.75) is 13.0 Å². The fourth-order valence-corrected chi connectivity index (χ4v) is 1.32. The van der Waals surface area contributed by atoms with E-state index in [0.29, 0.717) is 11.4 Å². The largest absolute Gasteiger partial charge is 0.352 e. The Morgan fingerprint density at radius 3 is 2.75 bits per heavy atom. The van der Waals surface area contributed by atoms with Crippen LogP contribution in [0.3, 0.4) is 0 Å². The molecule has 1 amide bonds. The first kappa shape index (κ1) is 9.07. The molecule has 0 aromatic heterocycles. The van der Waals surface area contributed by atoms with E-state index in [4.69, 9.17) is 11.6 Å². The minimum atomic E-state index is -0.0313. The van der Waals surface area contributed by atoms with Crippen LogP contribution in [0.4, 0.5) is 0 Å². The fraction of sp³-hybridized carbons (Fsp3) is 0.222. The van der Waals surface area contributed by atoms with E-state index < -0.39 is 0 Å². The van der Waals surface area contributed by atoms with Gasteiger partial charge in [-0.3, -0.25) is 4.79 Å². The van der Waals surface area contributed by atoms with Crippen LogP contribution in [0.25, 0.3) is 0 Å². The molecule has 0 aliphatic rings. The predicted octanol–water partition coefficient (Wildman–Crippen LogP) is 2.15. The number of hydrogen-bond donors (Lipinski definition) is 1. The monoisotopic (exact) mass is 183 g/mol. The van der Waals surface area contributed by atoms with Gasteiger partial charge < -0.3 is 5.32 Å².